The first-order valence-corrected chi connectivity index (χ1v) is 11.2. The summed E-state index contributed by atoms with van der Waals surface area (Å²) >= 11 is 1.43. The minimum atomic E-state index is -0.317. The summed E-state index contributed by atoms with van der Waals surface area (Å²) in [5.74, 6) is -0.0929. The molecule has 0 aliphatic carbocycles. The number of fused-ring (bicyclic) bond motifs is 1. The molecule has 8 nitrogen and oxygen atoms in total. The highest BCUT2D eigenvalue weighted by atomic mass is 32.1. The van der Waals surface area contributed by atoms with E-state index >= 15 is 0 Å². The highest BCUT2D eigenvalue weighted by molar-refractivity contribution is 7.17. The van der Waals surface area contributed by atoms with Gasteiger partial charge < -0.3 is 19.0 Å². The minimum Gasteiger partial charge on any atom is -0.467 e. The topological polar surface area (TPSA) is 88.8 Å². The smallest absolute Gasteiger partial charge is 0.289 e. The zero-order valence-corrected chi connectivity index (χ0v) is 18.3. The third-order valence-corrected chi connectivity index (χ3v) is 6.36. The minimum absolute atomic E-state index is 0.183. The molecule has 1 fully saturated rings. The van der Waals surface area contributed by atoms with Crippen molar-refractivity contribution in [1.29, 1.82) is 0 Å². The summed E-state index contributed by atoms with van der Waals surface area (Å²) in [5, 5.41) is 2.60. The van der Waals surface area contributed by atoms with Crippen LogP contribution in [0.25, 0.3) is 21.3 Å². The van der Waals surface area contributed by atoms with E-state index < -0.39 is 0 Å². The van der Waals surface area contributed by atoms with Crippen LogP contribution in [0.2, 0.25) is 0 Å². The zero-order valence-electron chi connectivity index (χ0n) is 17.4. The number of halogens is 1. The number of ether oxygens (including phenoxy) is 1. The summed E-state index contributed by atoms with van der Waals surface area (Å²) in [6, 6.07) is 9.45. The fourth-order valence-electron chi connectivity index (χ4n) is 3.74. The van der Waals surface area contributed by atoms with Gasteiger partial charge in [0.2, 0.25) is 5.88 Å². The van der Waals surface area contributed by atoms with Crippen LogP contribution in [0.4, 0.5) is 4.39 Å². The van der Waals surface area contributed by atoms with Crippen LogP contribution in [0, 0.1) is 5.82 Å². The molecule has 0 radical (unpaired) electrons. The van der Waals surface area contributed by atoms with Crippen molar-refractivity contribution in [3.05, 3.63) is 65.9 Å². The Hall–Kier alpha value is -3.79. The van der Waals surface area contributed by atoms with Crippen LogP contribution >= 0.6 is 11.3 Å². The van der Waals surface area contributed by atoms with Gasteiger partial charge in [0.25, 0.3) is 11.8 Å². The molecule has 33 heavy (non-hydrogen) atoms. The van der Waals surface area contributed by atoms with Crippen molar-refractivity contribution in [1.82, 2.24) is 19.8 Å². The standard InChI is InChI=1S/C23H19FN4O4S/c24-16-5-3-15(4-6-16)17-13-33-22-20(17)21(25-14-26-22)32-12-19(29)27-7-9-28(10-8-27)23(30)18-2-1-11-31-18/h1-6,11,13-14H,7-10,12H2. The molecule has 0 saturated carbocycles. The average molecular weight is 466 g/mol. The molecule has 1 saturated heterocycles. The SMILES string of the molecule is O=C(COc1ncnc2scc(-c3ccc(F)cc3)c12)N1CCN(C(=O)c2ccco2)CC1. The van der Waals surface area contributed by atoms with Gasteiger partial charge in [-0.3, -0.25) is 9.59 Å². The van der Waals surface area contributed by atoms with E-state index in [-0.39, 0.29) is 24.2 Å². The first-order chi connectivity index (χ1) is 16.1. The molecule has 1 aromatic carbocycles. The Morgan fingerprint density at radius 2 is 1.82 bits per heavy atom. The van der Waals surface area contributed by atoms with Crippen LogP contribution in [0.5, 0.6) is 5.88 Å². The number of amides is 2. The number of carbonyl (C=O) groups excluding carboxylic acids is 2. The second kappa shape index (κ2) is 8.99. The molecule has 3 aromatic heterocycles. The van der Waals surface area contributed by atoms with Gasteiger partial charge in [-0.1, -0.05) is 12.1 Å². The Labute approximate surface area is 192 Å². The van der Waals surface area contributed by atoms with Gasteiger partial charge in [0.05, 0.1) is 11.6 Å². The third-order valence-electron chi connectivity index (χ3n) is 5.47. The number of furan rings is 1. The first-order valence-electron chi connectivity index (χ1n) is 10.3. The maximum atomic E-state index is 13.3. The lowest BCUT2D eigenvalue weighted by Crippen LogP contribution is -2.51. The Balaban J connectivity index is 1.25. The number of benzene rings is 1. The number of hydrogen-bond acceptors (Lipinski definition) is 7. The molecule has 1 aliphatic heterocycles. The van der Waals surface area contributed by atoms with Crippen molar-refractivity contribution in [3.8, 4) is 17.0 Å². The number of nitrogens with zero attached hydrogens (tertiary/aromatic N) is 4. The van der Waals surface area contributed by atoms with Crippen molar-refractivity contribution in [2.45, 2.75) is 0 Å². The van der Waals surface area contributed by atoms with Crippen LogP contribution in [-0.2, 0) is 4.79 Å². The van der Waals surface area contributed by atoms with Crippen LogP contribution in [0.15, 0.2) is 58.8 Å². The number of hydrogen-bond donors (Lipinski definition) is 0. The van der Waals surface area contributed by atoms with Crippen molar-refractivity contribution in [2.75, 3.05) is 32.8 Å². The molecule has 10 heteroatoms. The molecule has 0 spiro atoms. The highest BCUT2D eigenvalue weighted by Crippen LogP contribution is 2.37. The van der Waals surface area contributed by atoms with E-state index in [1.807, 2.05) is 5.38 Å². The maximum Gasteiger partial charge on any atom is 0.289 e. The Kier molecular flexibility index (Phi) is 5.74. The van der Waals surface area contributed by atoms with E-state index in [1.165, 1.54) is 36.1 Å². The predicted octanol–water partition coefficient (Wildman–Crippen LogP) is 3.45. The van der Waals surface area contributed by atoms with E-state index in [1.54, 1.807) is 34.1 Å². The van der Waals surface area contributed by atoms with E-state index in [2.05, 4.69) is 9.97 Å². The van der Waals surface area contributed by atoms with Crippen molar-refractivity contribution >= 4 is 33.4 Å². The number of carbonyl (C=O) groups is 2. The molecule has 1 aliphatic rings. The highest BCUT2D eigenvalue weighted by Gasteiger charge is 2.26. The largest absolute Gasteiger partial charge is 0.467 e. The number of piperazine rings is 1. The van der Waals surface area contributed by atoms with Crippen LogP contribution in [-0.4, -0.2) is 64.4 Å². The quantitative estimate of drug-likeness (QED) is 0.448. The average Bonchev–Trinajstić information content (AvgIpc) is 3.53. The van der Waals surface area contributed by atoms with Crippen molar-refractivity contribution in [3.63, 3.8) is 0 Å². The van der Waals surface area contributed by atoms with Crippen LogP contribution in [0.1, 0.15) is 10.6 Å². The zero-order chi connectivity index (χ0) is 22.8. The molecule has 0 bridgehead atoms. The molecule has 0 N–H and O–H groups in total. The molecular weight excluding hydrogens is 447 g/mol. The number of thiophene rings is 1. The summed E-state index contributed by atoms with van der Waals surface area (Å²) in [6.07, 6.45) is 2.86. The molecule has 4 heterocycles. The van der Waals surface area contributed by atoms with Crippen LogP contribution in [0.3, 0.4) is 0 Å². The summed E-state index contributed by atoms with van der Waals surface area (Å²) < 4.78 is 24.3. The molecule has 0 unspecified atom stereocenters. The second-order valence-electron chi connectivity index (χ2n) is 7.45. The van der Waals surface area contributed by atoms with Gasteiger partial charge in [-0.15, -0.1) is 11.3 Å². The summed E-state index contributed by atoms with van der Waals surface area (Å²) in [4.78, 5) is 37.7. The van der Waals surface area contributed by atoms with Gasteiger partial charge in [-0.05, 0) is 29.8 Å². The van der Waals surface area contributed by atoms with E-state index in [4.69, 9.17) is 9.15 Å². The number of aromatic nitrogens is 2. The normalized spacial score (nSPS) is 14.0. The molecule has 4 aromatic rings. The Morgan fingerprint density at radius 3 is 2.55 bits per heavy atom. The lowest BCUT2D eigenvalue weighted by atomic mass is 10.1. The van der Waals surface area contributed by atoms with E-state index in [9.17, 15) is 14.0 Å². The van der Waals surface area contributed by atoms with Gasteiger partial charge >= 0.3 is 0 Å². The lowest BCUT2D eigenvalue weighted by molar-refractivity contribution is -0.134. The molecule has 5 rings (SSSR count). The predicted molar refractivity (Wildman–Crippen MR) is 119 cm³/mol. The number of rotatable bonds is 5. The fraction of sp³-hybridized carbons (Fsp3) is 0.217. The summed E-state index contributed by atoms with van der Waals surface area (Å²) in [6.45, 7) is 1.47. The van der Waals surface area contributed by atoms with E-state index in [0.717, 1.165) is 16.0 Å². The van der Waals surface area contributed by atoms with Crippen LogP contribution < -0.4 is 4.74 Å². The van der Waals surface area contributed by atoms with E-state index in [0.29, 0.717) is 43.2 Å². The molecule has 2 amide bonds. The van der Waals surface area contributed by atoms with Crippen molar-refractivity contribution < 1.29 is 23.1 Å². The lowest BCUT2D eigenvalue weighted by Gasteiger charge is -2.34. The monoisotopic (exact) mass is 466 g/mol. The van der Waals surface area contributed by atoms with Gasteiger partial charge in [-0.25, -0.2) is 14.4 Å². The van der Waals surface area contributed by atoms with Gasteiger partial charge in [-0.2, -0.15) is 0 Å². The summed E-state index contributed by atoms with van der Waals surface area (Å²) in [7, 11) is 0. The van der Waals surface area contributed by atoms with Gasteiger partial charge in [0, 0.05) is 37.1 Å². The van der Waals surface area contributed by atoms with Crippen molar-refractivity contribution in [2.24, 2.45) is 0 Å². The second-order valence-corrected chi connectivity index (χ2v) is 8.31. The molecule has 0 atom stereocenters. The van der Waals surface area contributed by atoms with Gasteiger partial charge in [0.1, 0.15) is 17.0 Å². The van der Waals surface area contributed by atoms with Gasteiger partial charge in [0.15, 0.2) is 12.4 Å². The fourth-order valence-corrected chi connectivity index (χ4v) is 4.64. The molecular formula is C23H19FN4O4S. The maximum absolute atomic E-state index is 13.3. The molecule has 168 valence electrons. The Morgan fingerprint density at radius 1 is 1.06 bits per heavy atom. The Bertz CT molecular complexity index is 1280. The third kappa shape index (κ3) is 4.29. The first kappa shape index (κ1) is 21.1. The summed E-state index contributed by atoms with van der Waals surface area (Å²) in [5.41, 5.74) is 1.63.